The van der Waals surface area contributed by atoms with Crippen LogP contribution in [0.4, 0.5) is 11.4 Å². The van der Waals surface area contributed by atoms with E-state index in [-0.39, 0.29) is 5.91 Å². The lowest BCUT2D eigenvalue weighted by molar-refractivity contribution is 0.102. The summed E-state index contributed by atoms with van der Waals surface area (Å²) in [6, 6.07) is 13.9. The molecule has 0 saturated carbocycles. The van der Waals surface area contributed by atoms with Crippen LogP contribution in [0.1, 0.15) is 22.3 Å². The Morgan fingerprint density at radius 1 is 1.22 bits per heavy atom. The smallest absolute Gasteiger partial charge is 0.257 e. The number of hydrogen-bond acceptors (Lipinski definition) is 2. The van der Waals surface area contributed by atoms with Gasteiger partial charge in [0, 0.05) is 36.6 Å². The normalized spacial score (nSPS) is 13.9. The van der Waals surface area contributed by atoms with Crippen molar-refractivity contribution in [1.82, 2.24) is 4.98 Å². The number of aryl methyl sites for hydroxylation is 1. The first-order valence-corrected chi connectivity index (χ1v) is 7.94. The number of nitrogens with zero attached hydrogens (tertiary/aromatic N) is 1. The maximum atomic E-state index is 12.6. The minimum absolute atomic E-state index is 0.0813. The first-order chi connectivity index (χ1) is 11.2. The van der Waals surface area contributed by atoms with Gasteiger partial charge in [-0.3, -0.25) is 4.79 Å². The van der Waals surface area contributed by atoms with Gasteiger partial charge in [-0.2, -0.15) is 0 Å². The van der Waals surface area contributed by atoms with Crippen molar-refractivity contribution in [3.63, 3.8) is 0 Å². The summed E-state index contributed by atoms with van der Waals surface area (Å²) in [5, 5.41) is 4.07. The second-order valence-corrected chi connectivity index (χ2v) is 6.07. The van der Waals surface area contributed by atoms with Crippen LogP contribution in [0.15, 0.2) is 48.7 Å². The van der Waals surface area contributed by atoms with E-state index in [9.17, 15) is 4.79 Å². The molecule has 1 aliphatic rings. The molecule has 0 bridgehead atoms. The molecule has 0 aliphatic carbocycles. The van der Waals surface area contributed by atoms with Gasteiger partial charge in [0.1, 0.15) is 0 Å². The summed E-state index contributed by atoms with van der Waals surface area (Å²) in [5.74, 6) is -0.0813. The lowest BCUT2D eigenvalue weighted by Crippen LogP contribution is -2.24. The van der Waals surface area contributed by atoms with Gasteiger partial charge in [-0.15, -0.1) is 0 Å². The first-order valence-electron chi connectivity index (χ1n) is 7.94. The highest BCUT2D eigenvalue weighted by Crippen LogP contribution is 2.29. The zero-order valence-corrected chi connectivity index (χ0v) is 13.1. The van der Waals surface area contributed by atoms with Crippen molar-refractivity contribution in [2.24, 2.45) is 0 Å². The highest BCUT2D eigenvalue weighted by atomic mass is 16.1. The number of carbonyl (C=O) groups is 1. The Balaban J connectivity index is 1.63. The summed E-state index contributed by atoms with van der Waals surface area (Å²) < 4.78 is 0. The molecule has 0 spiro atoms. The van der Waals surface area contributed by atoms with Crippen molar-refractivity contribution in [2.75, 3.05) is 23.8 Å². The van der Waals surface area contributed by atoms with Crippen LogP contribution in [0.25, 0.3) is 10.9 Å². The number of H-pyrrole nitrogens is 1. The molecule has 4 nitrogen and oxygen atoms in total. The van der Waals surface area contributed by atoms with Crippen LogP contribution in [0.2, 0.25) is 0 Å². The minimum Gasteiger partial charge on any atom is -0.374 e. The molecule has 1 aromatic heterocycles. The third-order valence-electron chi connectivity index (χ3n) is 4.52. The Morgan fingerprint density at radius 3 is 3.04 bits per heavy atom. The minimum atomic E-state index is -0.0813. The van der Waals surface area contributed by atoms with E-state index in [0.29, 0.717) is 5.56 Å². The summed E-state index contributed by atoms with van der Waals surface area (Å²) in [6.07, 6.45) is 4.08. The highest BCUT2D eigenvalue weighted by Gasteiger charge is 2.15. The number of aromatic amines is 1. The number of aromatic nitrogens is 1. The summed E-state index contributed by atoms with van der Waals surface area (Å²) in [5.41, 5.74) is 4.97. The van der Waals surface area contributed by atoms with Gasteiger partial charge in [-0.1, -0.05) is 12.1 Å². The fourth-order valence-corrected chi connectivity index (χ4v) is 3.34. The quantitative estimate of drug-likeness (QED) is 0.756. The number of hydrogen-bond donors (Lipinski definition) is 2. The van der Waals surface area contributed by atoms with Crippen molar-refractivity contribution in [1.29, 1.82) is 0 Å². The molecule has 4 rings (SSSR count). The van der Waals surface area contributed by atoms with Gasteiger partial charge in [0.05, 0.1) is 11.1 Å². The molecular formula is C19H19N3O. The van der Waals surface area contributed by atoms with Crippen LogP contribution >= 0.6 is 0 Å². The first kappa shape index (κ1) is 13.9. The number of fused-ring (bicyclic) bond motifs is 2. The molecule has 2 N–H and O–H groups in total. The number of nitrogens with one attached hydrogen (secondary N) is 2. The van der Waals surface area contributed by atoms with E-state index in [2.05, 4.69) is 34.4 Å². The number of rotatable bonds is 2. The Morgan fingerprint density at radius 2 is 2.13 bits per heavy atom. The maximum Gasteiger partial charge on any atom is 0.257 e. The Hall–Kier alpha value is -2.75. The van der Waals surface area contributed by atoms with E-state index in [1.165, 1.54) is 11.3 Å². The fourth-order valence-electron chi connectivity index (χ4n) is 3.34. The molecule has 0 saturated heterocycles. The number of amides is 1. The number of para-hydroxylation sites is 1. The molecule has 0 fully saturated rings. The average molecular weight is 305 g/mol. The van der Waals surface area contributed by atoms with Crippen LogP contribution in [0.3, 0.4) is 0 Å². The van der Waals surface area contributed by atoms with Gasteiger partial charge in [0.2, 0.25) is 0 Å². The monoisotopic (exact) mass is 305 g/mol. The topological polar surface area (TPSA) is 48.1 Å². The highest BCUT2D eigenvalue weighted by molar-refractivity contribution is 6.12. The van der Waals surface area contributed by atoms with E-state index in [1.807, 2.05) is 36.5 Å². The number of benzene rings is 2. The molecule has 2 heterocycles. The van der Waals surface area contributed by atoms with E-state index in [4.69, 9.17) is 0 Å². The van der Waals surface area contributed by atoms with E-state index < -0.39 is 0 Å². The van der Waals surface area contributed by atoms with Crippen LogP contribution in [0, 0.1) is 0 Å². The van der Waals surface area contributed by atoms with Gasteiger partial charge < -0.3 is 15.2 Å². The molecule has 23 heavy (non-hydrogen) atoms. The van der Waals surface area contributed by atoms with Crippen molar-refractivity contribution < 1.29 is 4.79 Å². The Kier molecular flexibility index (Phi) is 3.30. The second kappa shape index (κ2) is 5.47. The van der Waals surface area contributed by atoms with Crippen LogP contribution < -0.4 is 10.2 Å². The van der Waals surface area contributed by atoms with Gasteiger partial charge in [0.15, 0.2) is 0 Å². The predicted molar refractivity (Wildman–Crippen MR) is 94.3 cm³/mol. The Bertz CT molecular complexity index is 881. The summed E-state index contributed by atoms with van der Waals surface area (Å²) in [4.78, 5) is 18.0. The molecule has 0 atom stereocenters. The van der Waals surface area contributed by atoms with Gasteiger partial charge in [-0.05, 0) is 48.7 Å². The third kappa shape index (κ3) is 2.46. The summed E-state index contributed by atoms with van der Waals surface area (Å²) in [6.45, 7) is 1.09. The van der Waals surface area contributed by atoms with Crippen molar-refractivity contribution >= 4 is 28.2 Å². The molecule has 4 heteroatoms. The van der Waals surface area contributed by atoms with Crippen molar-refractivity contribution in [3.8, 4) is 0 Å². The average Bonchev–Trinajstić information content (AvgIpc) is 3.03. The maximum absolute atomic E-state index is 12.6. The fraction of sp³-hybridized carbons (Fsp3) is 0.211. The standard InChI is InChI=1S/C19H19N3O/c1-22-11-3-5-14-12-15(7-8-17(14)22)21-19(23)16-6-2-4-13-9-10-20-18(13)16/h2,4,6-10,12,20H,3,5,11H2,1H3,(H,21,23). The molecule has 1 amide bonds. The summed E-state index contributed by atoms with van der Waals surface area (Å²) in [7, 11) is 2.11. The molecule has 2 aromatic carbocycles. The van der Waals surface area contributed by atoms with Gasteiger partial charge in [0.25, 0.3) is 5.91 Å². The predicted octanol–water partition coefficient (Wildman–Crippen LogP) is 3.80. The largest absolute Gasteiger partial charge is 0.374 e. The van der Waals surface area contributed by atoms with Crippen molar-refractivity contribution in [2.45, 2.75) is 12.8 Å². The zero-order valence-electron chi connectivity index (χ0n) is 13.1. The van der Waals surface area contributed by atoms with E-state index in [1.54, 1.807) is 0 Å². The van der Waals surface area contributed by atoms with E-state index >= 15 is 0 Å². The molecule has 3 aromatic rings. The lowest BCUT2D eigenvalue weighted by atomic mass is 10.0. The zero-order chi connectivity index (χ0) is 15.8. The van der Waals surface area contributed by atoms with Crippen LogP contribution in [-0.4, -0.2) is 24.5 Å². The number of carbonyl (C=O) groups excluding carboxylic acids is 1. The van der Waals surface area contributed by atoms with Gasteiger partial charge in [-0.25, -0.2) is 0 Å². The summed E-state index contributed by atoms with van der Waals surface area (Å²) >= 11 is 0. The molecule has 116 valence electrons. The van der Waals surface area contributed by atoms with Crippen LogP contribution in [0.5, 0.6) is 0 Å². The lowest BCUT2D eigenvalue weighted by Gasteiger charge is -2.27. The SMILES string of the molecule is CN1CCCc2cc(NC(=O)c3cccc4cc[nH]c34)ccc21. The van der Waals surface area contributed by atoms with Crippen molar-refractivity contribution in [3.05, 3.63) is 59.8 Å². The van der Waals surface area contributed by atoms with Crippen LogP contribution in [-0.2, 0) is 6.42 Å². The van der Waals surface area contributed by atoms with Gasteiger partial charge >= 0.3 is 0 Å². The molecule has 0 radical (unpaired) electrons. The van der Waals surface area contributed by atoms with E-state index in [0.717, 1.165) is 36.0 Å². The third-order valence-corrected chi connectivity index (χ3v) is 4.52. The molecule has 1 aliphatic heterocycles. The number of anilines is 2. The Labute approximate surface area is 135 Å². The second-order valence-electron chi connectivity index (χ2n) is 6.07. The molecular weight excluding hydrogens is 286 g/mol. The molecule has 0 unspecified atom stereocenters.